The molecule has 0 saturated carbocycles. The molecule has 0 aliphatic rings. The highest BCUT2D eigenvalue weighted by molar-refractivity contribution is 5.69. The van der Waals surface area contributed by atoms with Crippen molar-refractivity contribution in [3.8, 4) is 0 Å². The van der Waals surface area contributed by atoms with E-state index in [1.807, 2.05) is 0 Å². The Kier molecular flexibility index (Phi) is 34.5. The van der Waals surface area contributed by atoms with E-state index in [4.69, 9.17) is 14.2 Å². The second-order valence-corrected chi connectivity index (χ2v) is 18.4. The van der Waals surface area contributed by atoms with Crippen molar-refractivity contribution < 1.29 is 23.8 Å². The fraction of sp³-hybridized carbons (Fsp3) is 0.957. The van der Waals surface area contributed by atoms with E-state index >= 15 is 0 Å². The number of ether oxygens (including phenoxy) is 3. The average molecular weight is 752 g/mol. The maximum absolute atomic E-state index is 12.3. The summed E-state index contributed by atoms with van der Waals surface area (Å²) < 4.78 is 17.5. The molecule has 0 aliphatic carbocycles. The van der Waals surface area contributed by atoms with E-state index in [0.29, 0.717) is 67.5 Å². The van der Waals surface area contributed by atoms with E-state index in [0.717, 1.165) is 64.7 Å². The number of hydrogen-bond acceptors (Lipinski definition) is 6. The molecule has 0 radical (unpaired) electrons. The summed E-state index contributed by atoms with van der Waals surface area (Å²) in [5.41, 5.74) is 0. The number of esters is 2. The number of hydrogen-bond donors (Lipinski definition) is 0. The van der Waals surface area contributed by atoms with E-state index in [1.165, 1.54) is 89.9 Å². The van der Waals surface area contributed by atoms with E-state index in [-0.39, 0.29) is 11.9 Å². The van der Waals surface area contributed by atoms with Gasteiger partial charge in [-0.05, 0) is 107 Å². The molecule has 0 N–H and O–H groups in total. The Hall–Kier alpha value is -1.14. The minimum atomic E-state index is -0.00732. The van der Waals surface area contributed by atoms with Gasteiger partial charge in [-0.3, -0.25) is 9.59 Å². The normalized spacial score (nSPS) is 13.8. The Morgan fingerprint density at radius 3 is 1.19 bits per heavy atom. The van der Waals surface area contributed by atoms with Crippen molar-refractivity contribution in [2.45, 2.75) is 203 Å². The molecule has 53 heavy (non-hydrogen) atoms. The Balaban J connectivity index is 4.12. The quantitative estimate of drug-likeness (QED) is 0.0462. The maximum atomic E-state index is 12.3. The summed E-state index contributed by atoms with van der Waals surface area (Å²) in [7, 11) is 4.25. The molecule has 0 spiro atoms. The van der Waals surface area contributed by atoms with Gasteiger partial charge in [0.15, 0.2) is 0 Å². The van der Waals surface area contributed by atoms with Crippen molar-refractivity contribution in [3.63, 3.8) is 0 Å². The van der Waals surface area contributed by atoms with Gasteiger partial charge in [0, 0.05) is 26.1 Å². The van der Waals surface area contributed by atoms with Crippen molar-refractivity contribution in [2.24, 2.45) is 41.4 Å². The average Bonchev–Trinajstić information content (AvgIpc) is 3.08. The third-order valence-corrected chi connectivity index (χ3v) is 11.3. The van der Waals surface area contributed by atoms with Crippen molar-refractivity contribution in [1.29, 1.82) is 0 Å². The lowest BCUT2D eigenvalue weighted by Crippen LogP contribution is -2.19. The number of carbonyl (C=O) groups is 2. The highest BCUT2D eigenvalue weighted by atomic mass is 16.5. The standard InChI is InChI=1S/C47H93NO5/c1-39(2)30-32-44(41(5)6)37-52-46(49)28-23-19-15-11-13-17-21-26-43(36-51-35-25-34-48(9)10)27-22-18-14-12-16-20-24-29-47(50)53-38-45(42(7)8)33-31-40(3)4/h39-45H,11-38H2,1-10H3. The van der Waals surface area contributed by atoms with E-state index in [2.05, 4.69) is 74.4 Å². The first-order valence-corrected chi connectivity index (χ1v) is 22.8. The van der Waals surface area contributed by atoms with Crippen LogP contribution in [-0.4, -0.2) is 63.9 Å². The molecule has 0 rings (SSSR count). The molecule has 0 aliphatic heterocycles. The molecule has 0 aromatic carbocycles. The third kappa shape index (κ3) is 35.0. The van der Waals surface area contributed by atoms with Crippen LogP contribution in [0.4, 0.5) is 0 Å². The second-order valence-electron chi connectivity index (χ2n) is 18.4. The lowest BCUT2D eigenvalue weighted by atomic mass is 9.89. The minimum absolute atomic E-state index is 0.00732. The van der Waals surface area contributed by atoms with Crippen molar-refractivity contribution in [1.82, 2.24) is 4.90 Å². The van der Waals surface area contributed by atoms with Crippen LogP contribution in [0.3, 0.4) is 0 Å². The summed E-state index contributed by atoms with van der Waals surface area (Å²) in [6, 6.07) is 0. The Morgan fingerprint density at radius 1 is 0.453 bits per heavy atom. The van der Waals surface area contributed by atoms with Crippen LogP contribution >= 0.6 is 0 Å². The molecule has 0 fully saturated rings. The molecule has 316 valence electrons. The molecule has 2 unspecified atom stereocenters. The predicted molar refractivity (Wildman–Crippen MR) is 227 cm³/mol. The highest BCUT2D eigenvalue weighted by Crippen LogP contribution is 2.23. The minimum Gasteiger partial charge on any atom is -0.465 e. The van der Waals surface area contributed by atoms with Gasteiger partial charge in [0.2, 0.25) is 0 Å². The maximum Gasteiger partial charge on any atom is 0.305 e. The SMILES string of the molecule is CC(C)CCC(COC(=O)CCCCCCCCCC(CCCCCCCCCC(=O)OCC(CCC(C)C)C(C)C)COCCCN(C)C)C(C)C. The lowest BCUT2D eigenvalue weighted by Gasteiger charge is -2.21. The third-order valence-electron chi connectivity index (χ3n) is 11.3. The first-order chi connectivity index (χ1) is 25.3. The lowest BCUT2D eigenvalue weighted by molar-refractivity contribution is -0.146. The van der Waals surface area contributed by atoms with Gasteiger partial charge >= 0.3 is 11.9 Å². The first kappa shape index (κ1) is 51.9. The van der Waals surface area contributed by atoms with Gasteiger partial charge < -0.3 is 19.1 Å². The van der Waals surface area contributed by atoms with Gasteiger partial charge in [-0.25, -0.2) is 0 Å². The molecule has 6 heteroatoms. The summed E-state index contributed by atoms with van der Waals surface area (Å²) in [5.74, 6) is 4.14. The van der Waals surface area contributed by atoms with Crippen LogP contribution < -0.4 is 0 Å². The van der Waals surface area contributed by atoms with Gasteiger partial charge in [0.05, 0.1) is 13.2 Å². The molecule has 0 saturated heterocycles. The molecule has 0 amide bonds. The summed E-state index contributed by atoms with van der Waals surface area (Å²) in [4.78, 5) is 26.8. The van der Waals surface area contributed by atoms with E-state index in [9.17, 15) is 9.59 Å². The zero-order chi connectivity index (χ0) is 39.7. The van der Waals surface area contributed by atoms with Gasteiger partial charge in [-0.1, -0.05) is 145 Å². The van der Waals surface area contributed by atoms with Gasteiger partial charge in [-0.2, -0.15) is 0 Å². The molecule has 2 atom stereocenters. The van der Waals surface area contributed by atoms with Gasteiger partial charge in [0.25, 0.3) is 0 Å². The number of carbonyl (C=O) groups excluding carboxylic acids is 2. The van der Waals surface area contributed by atoms with E-state index < -0.39 is 0 Å². The summed E-state index contributed by atoms with van der Waals surface area (Å²) >= 11 is 0. The molecular formula is C47H93NO5. The van der Waals surface area contributed by atoms with Crippen molar-refractivity contribution >= 4 is 11.9 Å². The number of rotatable bonds is 38. The van der Waals surface area contributed by atoms with E-state index in [1.54, 1.807) is 0 Å². The van der Waals surface area contributed by atoms with Gasteiger partial charge in [0.1, 0.15) is 0 Å². The zero-order valence-corrected chi connectivity index (χ0v) is 37.3. The number of unbranched alkanes of at least 4 members (excludes halogenated alkanes) is 12. The van der Waals surface area contributed by atoms with Crippen molar-refractivity contribution in [3.05, 3.63) is 0 Å². The van der Waals surface area contributed by atoms with Crippen LogP contribution in [-0.2, 0) is 23.8 Å². The Labute approximate surface area is 331 Å². The Bertz CT molecular complexity index is 768. The fourth-order valence-corrected chi connectivity index (χ4v) is 7.07. The van der Waals surface area contributed by atoms with Crippen LogP contribution in [0.25, 0.3) is 0 Å². The molecular weight excluding hydrogens is 659 g/mol. The summed E-state index contributed by atoms with van der Waals surface area (Å²) in [5, 5.41) is 0. The second kappa shape index (κ2) is 35.3. The number of nitrogens with zero attached hydrogens (tertiary/aromatic N) is 1. The predicted octanol–water partition coefficient (Wildman–Crippen LogP) is 13.1. The fourth-order valence-electron chi connectivity index (χ4n) is 7.07. The van der Waals surface area contributed by atoms with Crippen molar-refractivity contribution in [2.75, 3.05) is 47.1 Å². The monoisotopic (exact) mass is 752 g/mol. The molecule has 0 aromatic heterocycles. The topological polar surface area (TPSA) is 65.1 Å². The highest BCUT2D eigenvalue weighted by Gasteiger charge is 2.18. The Morgan fingerprint density at radius 2 is 0.830 bits per heavy atom. The van der Waals surface area contributed by atoms with Crippen LogP contribution in [0.2, 0.25) is 0 Å². The van der Waals surface area contributed by atoms with Crippen LogP contribution in [0.5, 0.6) is 0 Å². The molecule has 0 bridgehead atoms. The summed E-state index contributed by atoms with van der Waals surface area (Å²) in [6.45, 7) is 22.1. The smallest absolute Gasteiger partial charge is 0.305 e. The van der Waals surface area contributed by atoms with Gasteiger partial charge in [-0.15, -0.1) is 0 Å². The van der Waals surface area contributed by atoms with Crippen LogP contribution in [0.1, 0.15) is 203 Å². The van der Waals surface area contributed by atoms with Crippen LogP contribution in [0, 0.1) is 41.4 Å². The molecule has 0 aromatic rings. The molecule has 0 heterocycles. The summed E-state index contributed by atoms with van der Waals surface area (Å²) in [6.07, 6.45) is 26.4. The molecule has 6 nitrogen and oxygen atoms in total. The zero-order valence-electron chi connectivity index (χ0n) is 37.3. The first-order valence-electron chi connectivity index (χ1n) is 22.8. The largest absolute Gasteiger partial charge is 0.465 e. The van der Waals surface area contributed by atoms with Crippen LogP contribution in [0.15, 0.2) is 0 Å².